The second-order valence-corrected chi connectivity index (χ2v) is 6.73. The summed E-state index contributed by atoms with van der Waals surface area (Å²) in [5.74, 6) is 1.45. The maximum Gasteiger partial charge on any atom is 0.226 e. The van der Waals surface area contributed by atoms with Gasteiger partial charge in [0.15, 0.2) is 5.82 Å². The maximum atomic E-state index is 11.9. The first-order chi connectivity index (χ1) is 9.95. The molecule has 0 saturated carbocycles. The molecule has 1 aliphatic rings. The minimum Gasteiger partial charge on any atom is -0.352 e. The van der Waals surface area contributed by atoms with E-state index in [0.717, 1.165) is 38.2 Å². The van der Waals surface area contributed by atoms with Crippen LogP contribution in [0.15, 0.2) is 4.52 Å². The number of carbonyl (C=O) groups excluding carboxylic acids is 1. The van der Waals surface area contributed by atoms with Crippen LogP contribution in [0.3, 0.4) is 0 Å². The lowest BCUT2D eigenvalue weighted by Gasteiger charge is -2.23. The van der Waals surface area contributed by atoms with Crippen molar-refractivity contribution in [2.45, 2.75) is 64.3 Å². The highest BCUT2D eigenvalue weighted by Crippen LogP contribution is 2.18. The van der Waals surface area contributed by atoms with Gasteiger partial charge in [0.2, 0.25) is 11.8 Å². The van der Waals surface area contributed by atoms with Gasteiger partial charge in [0.25, 0.3) is 0 Å². The van der Waals surface area contributed by atoms with Crippen molar-refractivity contribution < 1.29 is 9.32 Å². The summed E-state index contributed by atoms with van der Waals surface area (Å²) in [6.07, 6.45) is 4.08. The van der Waals surface area contributed by atoms with Gasteiger partial charge in [-0.15, -0.1) is 0 Å². The fraction of sp³-hybridized carbons (Fsp3) is 0.800. The summed E-state index contributed by atoms with van der Waals surface area (Å²) in [5.41, 5.74) is -0.104. The molecule has 1 fully saturated rings. The normalized spacial score (nSPS) is 19.5. The summed E-state index contributed by atoms with van der Waals surface area (Å²) in [7, 11) is 0. The predicted octanol–water partition coefficient (Wildman–Crippen LogP) is 1.56. The molecule has 1 atom stereocenters. The molecule has 1 aliphatic heterocycles. The van der Waals surface area contributed by atoms with Crippen molar-refractivity contribution in [2.24, 2.45) is 0 Å². The van der Waals surface area contributed by atoms with E-state index in [1.165, 1.54) is 0 Å². The van der Waals surface area contributed by atoms with Crippen LogP contribution in [0.1, 0.15) is 58.2 Å². The third-order valence-electron chi connectivity index (χ3n) is 3.60. The zero-order valence-electron chi connectivity index (χ0n) is 13.2. The third-order valence-corrected chi connectivity index (χ3v) is 3.60. The first-order valence-electron chi connectivity index (χ1n) is 7.78. The Labute approximate surface area is 126 Å². The van der Waals surface area contributed by atoms with Crippen LogP contribution >= 0.6 is 0 Å². The lowest BCUT2D eigenvalue weighted by atomic mass is 9.96. The van der Waals surface area contributed by atoms with E-state index in [9.17, 15) is 4.79 Å². The fourth-order valence-electron chi connectivity index (χ4n) is 2.34. The molecule has 2 N–H and O–H groups in total. The molecule has 6 nitrogen and oxygen atoms in total. The lowest BCUT2D eigenvalue weighted by Crippen LogP contribution is -2.45. The minimum absolute atomic E-state index is 0.104. The predicted molar refractivity (Wildman–Crippen MR) is 80.0 cm³/mol. The van der Waals surface area contributed by atoms with Crippen LogP contribution in [-0.4, -0.2) is 35.2 Å². The Morgan fingerprint density at radius 2 is 2.29 bits per heavy atom. The number of rotatable bonds is 5. The monoisotopic (exact) mass is 294 g/mol. The van der Waals surface area contributed by atoms with E-state index in [1.807, 2.05) is 20.8 Å². The Morgan fingerprint density at radius 3 is 2.90 bits per heavy atom. The first-order valence-corrected chi connectivity index (χ1v) is 7.78. The zero-order chi connectivity index (χ0) is 15.3. The summed E-state index contributed by atoms with van der Waals surface area (Å²) in [5, 5.41) is 10.3. The van der Waals surface area contributed by atoms with Gasteiger partial charge in [0.1, 0.15) is 0 Å². The van der Waals surface area contributed by atoms with E-state index < -0.39 is 0 Å². The van der Waals surface area contributed by atoms with Crippen molar-refractivity contribution in [1.29, 1.82) is 0 Å². The smallest absolute Gasteiger partial charge is 0.226 e. The Kier molecular flexibility index (Phi) is 5.33. The van der Waals surface area contributed by atoms with Gasteiger partial charge in [-0.25, -0.2) is 0 Å². The maximum absolute atomic E-state index is 11.9. The highest BCUT2D eigenvalue weighted by molar-refractivity contribution is 5.76. The van der Waals surface area contributed by atoms with Gasteiger partial charge in [-0.1, -0.05) is 25.9 Å². The third kappa shape index (κ3) is 5.12. The molecular formula is C15H26N4O2. The number of hydrogen-bond donors (Lipinski definition) is 2. The Bertz CT molecular complexity index is 458. The number of nitrogens with zero attached hydrogens (tertiary/aromatic N) is 2. The lowest BCUT2D eigenvalue weighted by molar-refractivity contribution is -0.122. The van der Waals surface area contributed by atoms with Crippen molar-refractivity contribution in [3.05, 3.63) is 11.7 Å². The van der Waals surface area contributed by atoms with Crippen molar-refractivity contribution in [3.8, 4) is 0 Å². The second kappa shape index (κ2) is 7.02. The molecule has 2 heterocycles. The fourth-order valence-corrected chi connectivity index (χ4v) is 2.34. The number of carbonyl (C=O) groups is 1. The molecular weight excluding hydrogens is 268 g/mol. The van der Waals surface area contributed by atoms with Crippen molar-refractivity contribution in [2.75, 3.05) is 13.1 Å². The molecule has 0 aliphatic carbocycles. The van der Waals surface area contributed by atoms with Crippen LogP contribution in [-0.2, 0) is 16.6 Å². The highest BCUT2D eigenvalue weighted by atomic mass is 16.5. The molecule has 21 heavy (non-hydrogen) atoms. The van der Waals surface area contributed by atoms with Gasteiger partial charge in [-0.3, -0.25) is 4.79 Å². The molecule has 6 heteroatoms. The topological polar surface area (TPSA) is 80.0 Å². The van der Waals surface area contributed by atoms with Gasteiger partial charge in [-0.2, -0.15) is 4.98 Å². The number of piperidine rings is 1. The van der Waals surface area contributed by atoms with E-state index in [0.29, 0.717) is 18.7 Å². The van der Waals surface area contributed by atoms with Gasteiger partial charge in [0.05, 0.1) is 0 Å². The van der Waals surface area contributed by atoms with Gasteiger partial charge in [-0.05, 0) is 25.8 Å². The summed E-state index contributed by atoms with van der Waals surface area (Å²) in [6.45, 7) is 8.08. The van der Waals surface area contributed by atoms with Gasteiger partial charge in [0, 0.05) is 30.8 Å². The molecule has 1 saturated heterocycles. The molecule has 2 rings (SSSR count). The molecule has 0 aromatic carbocycles. The van der Waals surface area contributed by atoms with E-state index in [4.69, 9.17) is 4.52 Å². The molecule has 1 unspecified atom stereocenters. The van der Waals surface area contributed by atoms with E-state index in [-0.39, 0.29) is 17.4 Å². The summed E-state index contributed by atoms with van der Waals surface area (Å²) < 4.78 is 5.22. The molecule has 1 aromatic heterocycles. The number of hydrogen-bond acceptors (Lipinski definition) is 5. The van der Waals surface area contributed by atoms with Crippen molar-refractivity contribution in [1.82, 2.24) is 20.8 Å². The second-order valence-electron chi connectivity index (χ2n) is 6.73. The number of amides is 1. The number of nitrogens with one attached hydrogen (secondary N) is 2. The molecule has 1 amide bonds. The van der Waals surface area contributed by atoms with Crippen molar-refractivity contribution in [3.63, 3.8) is 0 Å². The average molecular weight is 294 g/mol. The molecule has 1 aromatic rings. The minimum atomic E-state index is -0.104. The quantitative estimate of drug-likeness (QED) is 0.861. The Hall–Kier alpha value is -1.43. The van der Waals surface area contributed by atoms with Crippen molar-refractivity contribution >= 4 is 5.91 Å². The van der Waals surface area contributed by atoms with Gasteiger partial charge < -0.3 is 15.2 Å². The molecule has 118 valence electrons. The summed E-state index contributed by atoms with van der Waals surface area (Å²) in [4.78, 5) is 16.2. The largest absolute Gasteiger partial charge is 0.352 e. The number of aromatic nitrogens is 2. The van der Waals surface area contributed by atoms with E-state index in [1.54, 1.807) is 0 Å². The number of aryl methyl sites for hydroxylation is 1. The van der Waals surface area contributed by atoms with Crippen LogP contribution in [0.5, 0.6) is 0 Å². The average Bonchev–Trinajstić information content (AvgIpc) is 2.88. The zero-order valence-corrected chi connectivity index (χ0v) is 13.2. The van der Waals surface area contributed by atoms with E-state index in [2.05, 4.69) is 20.8 Å². The van der Waals surface area contributed by atoms with Crippen LogP contribution in [0.4, 0.5) is 0 Å². The summed E-state index contributed by atoms with van der Waals surface area (Å²) in [6, 6.07) is 0.280. The first kappa shape index (κ1) is 15.9. The van der Waals surface area contributed by atoms with Crippen LogP contribution in [0.2, 0.25) is 0 Å². The Balaban J connectivity index is 1.69. The summed E-state index contributed by atoms with van der Waals surface area (Å²) >= 11 is 0. The van der Waals surface area contributed by atoms with Crippen LogP contribution < -0.4 is 10.6 Å². The highest BCUT2D eigenvalue weighted by Gasteiger charge is 2.21. The standard InChI is InChI=1S/C15H26N4O2/c1-15(2,3)14-18-13(21-19-14)8-4-7-12(20)17-11-6-5-9-16-10-11/h11,16H,4-10H2,1-3H3,(H,17,20). The van der Waals surface area contributed by atoms with Crippen LogP contribution in [0.25, 0.3) is 0 Å². The molecule has 0 spiro atoms. The Morgan fingerprint density at radius 1 is 1.48 bits per heavy atom. The van der Waals surface area contributed by atoms with Crippen LogP contribution in [0, 0.1) is 0 Å². The molecule has 0 bridgehead atoms. The SMILES string of the molecule is CC(C)(C)c1noc(CCCC(=O)NC2CCCNC2)n1. The van der Waals surface area contributed by atoms with E-state index >= 15 is 0 Å². The molecule has 0 radical (unpaired) electrons. The van der Waals surface area contributed by atoms with Gasteiger partial charge >= 0.3 is 0 Å².